The highest BCUT2D eigenvalue weighted by Crippen LogP contribution is 2.55. The molecule has 0 N–H and O–H groups in total. The number of thiophene rings is 2. The zero-order valence-electron chi connectivity index (χ0n) is 53.7. The van der Waals surface area contributed by atoms with E-state index in [9.17, 15) is 0 Å². The van der Waals surface area contributed by atoms with E-state index in [0.717, 1.165) is 78.0 Å². The summed E-state index contributed by atoms with van der Waals surface area (Å²) in [5.41, 5.74) is 11.1. The lowest BCUT2D eigenvalue weighted by Gasteiger charge is -2.38. The van der Waals surface area contributed by atoms with Crippen LogP contribution in [0.15, 0.2) is 36.4 Å². The molecule has 2 aromatic carbocycles. The molecule has 0 saturated heterocycles. The second-order valence-corrected chi connectivity index (χ2v) is 30.9. The maximum atomic E-state index is 15.5. The fourth-order valence-corrected chi connectivity index (χ4v) is 18.6. The van der Waals surface area contributed by atoms with E-state index >= 15 is 9.59 Å². The molecule has 2 fully saturated rings. The Labute approximate surface area is 511 Å². The van der Waals surface area contributed by atoms with E-state index in [1.54, 1.807) is 20.9 Å². The molecule has 0 bridgehead atoms. The molecule has 10 rings (SSSR count). The van der Waals surface area contributed by atoms with Crippen molar-refractivity contribution in [1.82, 2.24) is 14.4 Å². The highest BCUT2D eigenvalue weighted by Gasteiger charge is 2.44. The second-order valence-electron chi connectivity index (χ2n) is 28.8. The predicted molar refractivity (Wildman–Crippen MR) is 359 cm³/mol. The summed E-state index contributed by atoms with van der Waals surface area (Å²) in [4.78, 5) is 39.3. The smallest absolute Gasteiger partial charge is 0.259 e. The first-order chi connectivity index (χ1) is 40.4. The average Bonchev–Trinajstić information content (AvgIpc) is 1.74. The zero-order valence-corrected chi connectivity index (χ0v) is 55.4. The predicted octanol–water partition coefficient (Wildman–Crippen LogP) is 22.2. The number of amides is 2. The standard InChI is InChI=1S/C76H111N3O2S2/c1-9-12-15-17-19-21-23-25-27-29-31-39-45-56-57-48-64-65(51-59(57)70-60(56)52-68(83-70)76(7,8)46-14-11-3)77(47-40-32-30-28-26-24-22-20-18-16-13-10-2)66-53-67(82-71(64)66)69-58-49-63-61(50-62(58)73(80)78(69)54-41-35-33-36-42-54)72(75(4,5)6)79(74(63)81)55-43-37-34-38-44-55/h48-56H,9-47H2,1-8H3. The van der Waals surface area contributed by atoms with Gasteiger partial charge >= 0.3 is 0 Å². The maximum Gasteiger partial charge on any atom is 0.259 e. The zero-order chi connectivity index (χ0) is 58.1. The highest BCUT2D eigenvalue weighted by molar-refractivity contribution is 7.21. The summed E-state index contributed by atoms with van der Waals surface area (Å²) in [7, 11) is 0. The number of hydrogen-bond acceptors (Lipinski definition) is 4. The minimum atomic E-state index is -0.243. The van der Waals surface area contributed by atoms with E-state index in [4.69, 9.17) is 0 Å². The first-order valence-electron chi connectivity index (χ1n) is 35.2. The SMILES string of the molecule is CCCCCCCCCCCCCCC1c2cc3c4sc(C5=c6cc7c(cc6C(=O)N5C5CCCCC5)=C(C(C)(C)C)N(C5CCCCC5)C7=O)cc4n(CCCCCCCCCCCCCC)c3cc2-c2sc(C(C)(C)CCCC)cc21. The van der Waals surface area contributed by atoms with Crippen LogP contribution >= 0.6 is 22.7 Å². The van der Waals surface area contributed by atoms with Crippen molar-refractivity contribution in [2.75, 3.05) is 0 Å². The molecule has 1 unspecified atom stereocenters. The van der Waals surface area contributed by atoms with Crippen LogP contribution in [0, 0.1) is 5.41 Å². The average molecular weight is 1160 g/mol. The van der Waals surface area contributed by atoms with E-state index < -0.39 is 0 Å². The molecule has 5 aromatic rings. The quantitative estimate of drug-likeness (QED) is 0.0393. The number of hydrogen-bond donors (Lipinski definition) is 0. The van der Waals surface area contributed by atoms with E-state index in [-0.39, 0.29) is 34.7 Å². The van der Waals surface area contributed by atoms with Crippen LogP contribution in [-0.4, -0.2) is 38.3 Å². The van der Waals surface area contributed by atoms with Gasteiger partial charge in [0.2, 0.25) is 0 Å². The Morgan fingerprint density at radius 1 is 0.482 bits per heavy atom. The lowest BCUT2D eigenvalue weighted by molar-refractivity contribution is 0.0746. The molecule has 83 heavy (non-hydrogen) atoms. The monoisotopic (exact) mass is 1160 g/mol. The summed E-state index contributed by atoms with van der Waals surface area (Å²) in [6, 6.07) is 15.3. The van der Waals surface area contributed by atoms with Crippen LogP contribution in [-0.2, 0) is 12.0 Å². The van der Waals surface area contributed by atoms with Gasteiger partial charge in [0.1, 0.15) is 0 Å². The fraction of sp³-hybridized carbons (Fsp3) is 0.684. The number of nitrogens with zero attached hydrogens (tertiary/aromatic N) is 3. The van der Waals surface area contributed by atoms with Crippen LogP contribution in [0.25, 0.3) is 43.0 Å². The van der Waals surface area contributed by atoms with Crippen LogP contribution in [0.3, 0.4) is 0 Å². The molecule has 7 heteroatoms. The van der Waals surface area contributed by atoms with Crippen molar-refractivity contribution in [2.24, 2.45) is 5.41 Å². The lowest BCUT2D eigenvalue weighted by atomic mass is 9.84. The number of aromatic nitrogens is 1. The Kier molecular flexibility index (Phi) is 21.7. The number of benzene rings is 2. The minimum Gasteiger partial charge on any atom is -0.340 e. The van der Waals surface area contributed by atoms with Gasteiger partial charge in [-0.1, -0.05) is 254 Å². The molecule has 0 spiro atoms. The largest absolute Gasteiger partial charge is 0.340 e. The van der Waals surface area contributed by atoms with Crippen LogP contribution in [0.1, 0.15) is 347 Å². The summed E-state index contributed by atoms with van der Waals surface area (Å²) in [6.45, 7) is 19.8. The molecular formula is C76H111N3O2S2. The van der Waals surface area contributed by atoms with Gasteiger partial charge in [0.15, 0.2) is 0 Å². The molecule has 5 nitrogen and oxygen atoms in total. The van der Waals surface area contributed by atoms with Gasteiger partial charge in [-0.25, -0.2) is 0 Å². The number of unbranched alkanes of at least 4 members (excludes halogenated alkanes) is 23. The van der Waals surface area contributed by atoms with Gasteiger partial charge < -0.3 is 14.4 Å². The summed E-state index contributed by atoms with van der Waals surface area (Å²) >= 11 is 4.05. The fourth-order valence-electron chi connectivity index (χ4n) is 15.9. The Balaban J connectivity index is 1.02. The summed E-state index contributed by atoms with van der Waals surface area (Å²) < 4.78 is 4.10. The Hall–Kier alpha value is -3.68. The summed E-state index contributed by atoms with van der Waals surface area (Å²) in [6.07, 6.45) is 49.0. The van der Waals surface area contributed by atoms with E-state index in [0.29, 0.717) is 5.92 Å². The van der Waals surface area contributed by atoms with Crippen molar-refractivity contribution in [3.8, 4) is 10.4 Å². The normalized spacial score (nSPS) is 17.8. The number of aryl methyl sites for hydroxylation is 1. The van der Waals surface area contributed by atoms with Gasteiger partial charge in [-0.2, -0.15) is 0 Å². The molecule has 5 heterocycles. The van der Waals surface area contributed by atoms with Crippen molar-refractivity contribution in [3.05, 3.63) is 78.8 Å². The number of carbonyl (C=O) groups is 2. The van der Waals surface area contributed by atoms with Gasteiger partial charge in [0.25, 0.3) is 11.8 Å². The van der Waals surface area contributed by atoms with Crippen molar-refractivity contribution in [3.63, 3.8) is 0 Å². The summed E-state index contributed by atoms with van der Waals surface area (Å²) in [5.74, 6) is 0.716. The van der Waals surface area contributed by atoms with E-state index in [2.05, 4.69) is 117 Å². The molecule has 3 aliphatic carbocycles. The molecule has 0 radical (unpaired) electrons. The Morgan fingerprint density at radius 2 is 0.988 bits per heavy atom. The van der Waals surface area contributed by atoms with E-state index in [1.807, 2.05) is 11.3 Å². The van der Waals surface area contributed by atoms with Crippen molar-refractivity contribution in [2.45, 2.75) is 329 Å². The van der Waals surface area contributed by atoms with Crippen LogP contribution < -0.4 is 10.4 Å². The van der Waals surface area contributed by atoms with Gasteiger partial charge in [-0.05, 0) is 103 Å². The van der Waals surface area contributed by atoms with Crippen LogP contribution in [0.2, 0.25) is 0 Å². The molecule has 454 valence electrons. The van der Waals surface area contributed by atoms with Crippen molar-refractivity contribution >= 4 is 67.0 Å². The van der Waals surface area contributed by atoms with Crippen molar-refractivity contribution in [1.29, 1.82) is 0 Å². The summed E-state index contributed by atoms with van der Waals surface area (Å²) in [5, 5.41) is 3.38. The minimum absolute atomic E-state index is 0.144. The van der Waals surface area contributed by atoms with Gasteiger partial charge in [-0.3, -0.25) is 9.59 Å². The number of fused-ring (bicyclic) bond motifs is 8. The molecule has 5 aliphatic rings. The first kappa shape index (κ1) is 62.4. The number of carbonyl (C=O) groups excluding carboxylic acids is 2. The third-order valence-corrected chi connectivity index (χ3v) is 23.5. The van der Waals surface area contributed by atoms with E-state index in [1.165, 1.54) is 237 Å². The van der Waals surface area contributed by atoms with Gasteiger partial charge in [-0.15, -0.1) is 22.7 Å². The molecule has 2 aliphatic heterocycles. The molecule has 2 amide bonds. The third-order valence-electron chi connectivity index (χ3n) is 20.7. The highest BCUT2D eigenvalue weighted by atomic mass is 32.1. The van der Waals surface area contributed by atoms with Crippen LogP contribution in [0.5, 0.6) is 0 Å². The van der Waals surface area contributed by atoms with Crippen LogP contribution in [0.4, 0.5) is 0 Å². The van der Waals surface area contributed by atoms with Gasteiger partial charge in [0, 0.05) is 72.4 Å². The lowest BCUT2D eigenvalue weighted by Crippen LogP contribution is -2.40. The molecule has 2 saturated carbocycles. The maximum absolute atomic E-state index is 15.5. The topological polar surface area (TPSA) is 45.6 Å². The second kappa shape index (κ2) is 28.9. The number of rotatable bonds is 33. The molecular weight excluding hydrogens is 1050 g/mol. The first-order valence-corrected chi connectivity index (χ1v) is 36.8. The molecule has 3 aromatic heterocycles. The Bertz CT molecular complexity index is 3110. The van der Waals surface area contributed by atoms with Gasteiger partial charge in [0.05, 0.1) is 26.3 Å². The Morgan fingerprint density at radius 3 is 1.55 bits per heavy atom. The molecule has 1 atom stereocenters. The van der Waals surface area contributed by atoms with Crippen molar-refractivity contribution < 1.29 is 9.59 Å². The third kappa shape index (κ3) is 13.9.